The van der Waals surface area contributed by atoms with Crippen molar-refractivity contribution in [3.63, 3.8) is 0 Å². The lowest BCUT2D eigenvalue weighted by Gasteiger charge is -2.44. The minimum absolute atomic E-state index is 0.0351. The van der Waals surface area contributed by atoms with Gasteiger partial charge >= 0.3 is 30.6 Å². The van der Waals surface area contributed by atoms with Crippen molar-refractivity contribution in [3.8, 4) is 5.75 Å². The largest absolute Gasteiger partial charge is 0.488 e. The van der Waals surface area contributed by atoms with Gasteiger partial charge in [0.05, 0.1) is 54.0 Å². The Kier molecular flexibility index (Phi) is 13.1. The van der Waals surface area contributed by atoms with Crippen LogP contribution in [0.25, 0.3) is 0 Å². The number of ether oxygens (including phenoxy) is 2. The van der Waals surface area contributed by atoms with Gasteiger partial charge in [-0.05, 0) is 79.6 Å². The molecule has 0 spiro atoms. The lowest BCUT2D eigenvalue weighted by atomic mass is 9.87. The number of nitrogens with zero attached hydrogens (tertiary/aromatic N) is 4. The second-order valence-electron chi connectivity index (χ2n) is 12.1. The van der Waals surface area contributed by atoms with Gasteiger partial charge < -0.3 is 24.6 Å². The summed E-state index contributed by atoms with van der Waals surface area (Å²) in [6, 6.07) is 1.41. The van der Waals surface area contributed by atoms with E-state index >= 15 is 0 Å². The van der Waals surface area contributed by atoms with Gasteiger partial charge in [0.25, 0.3) is 0 Å². The standard InChI is InChI=1S/C34H35F9N4O6/c1-2-24-16-28(26-15-21(32(35,36)37)7-8-27(26)47(24)31(51)53-10-5-3-4-6-29(49)50)46(30-44-17-25(18-45-30)52-11-9-48)19-20-12-22(33(38,39)40)14-23(13-20)34(41,42)43/h7-8,12-15,17-18,24,28,48H,2-6,9-11,16,19H2,1H3,(H,49,50)/t24-,28+/m1/s1. The lowest BCUT2D eigenvalue weighted by molar-refractivity contribution is -0.143. The molecule has 19 heteroatoms. The van der Waals surface area contributed by atoms with E-state index in [1.807, 2.05) is 0 Å². The SMILES string of the molecule is CC[C@@H]1C[C@H](N(Cc2cc(C(F)(F)F)cc(C(F)(F)F)c2)c2ncc(OCCO)cn2)c2cc(C(F)(F)F)ccc2N1C(=O)OCCCCCC(=O)O. The molecule has 1 aromatic heterocycles. The maximum atomic E-state index is 14.1. The average molecular weight is 767 g/mol. The number of carbonyl (C=O) groups is 2. The number of alkyl halides is 9. The highest BCUT2D eigenvalue weighted by atomic mass is 19.4. The quantitative estimate of drug-likeness (QED) is 0.123. The van der Waals surface area contributed by atoms with Gasteiger partial charge in [-0.25, -0.2) is 14.8 Å². The summed E-state index contributed by atoms with van der Waals surface area (Å²) >= 11 is 0. The first-order valence-corrected chi connectivity index (χ1v) is 16.3. The molecule has 0 aliphatic carbocycles. The Labute approximate surface area is 297 Å². The molecule has 10 nitrogen and oxygen atoms in total. The maximum absolute atomic E-state index is 14.1. The molecule has 0 saturated heterocycles. The second-order valence-corrected chi connectivity index (χ2v) is 12.1. The van der Waals surface area contributed by atoms with Crippen LogP contribution in [0.4, 0.5) is 55.9 Å². The summed E-state index contributed by atoms with van der Waals surface area (Å²) in [4.78, 5) is 34.9. The molecule has 0 unspecified atom stereocenters. The number of rotatable bonds is 14. The summed E-state index contributed by atoms with van der Waals surface area (Å²) in [5.41, 5.74) is -5.08. The Balaban J connectivity index is 1.84. The van der Waals surface area contributed by atoms with Crippen molar-refractivity contribution in [2.24, 2.45) is 0 Å². The first-order valence-electron chi connectivity index (χ1n) is 16.3. The highest BCUT2D eigenvalue weighted by Crippen LogP contribution is 2.46. The fourth-order valence-electron chi connectivity index (χ4n) is 5.90. The molecule has 290 valence electrons. The number of anilines is 2. The number of aliphatic hydroxyl groups excluding tert-OH is 1. The topological polar surface area (TPSA) is 125 Å². The number of benzene rings is 2. The number of aliphatic carboxylic acids is 1. The van der Waals surface area contributed by atoms with Crippen molar-refractivity contribution in [3.05, 3.63) is 76.6 Å². The lowest BCUT2D eigenvalue weighted by Crippen LogP contribution is -2.48. The van der Waals surface area contributed by atoms with Crippen molar-refractivity contribution < 1.29 is 68.8 Å². The Morgan fingerprint density at radius 1 is 0.868 bits per heavy atom. The van der Waals surface area contributed by atoms with Crippen LogP contribution in [0, 0.1) is 0 Å². The van der Waals surface area contributed by atoms with Crippen molar-refractivity contribution in [1.82, 2.24) is 9.97 Å². The normalized spacial score (nSPS) is 16.2. The molecule has 2 aromatic carbocycles. The summed E-state index contributed by atoms with van der Waals surface area (Å²) in [6.07, 6.45) is -13.0. The van der Waals surface area contributed by atoms with Crippen LogP contribution < -0.4 is 14.5 Å². The van der Waals surface area contributed by atoms with Crippen LogP contribution in [-0.2, 0) is 34.6 Å². The van der Waals surface area contributed by atoms with Crippen LogP contribution in [0.3, 0.4) is 0 Å². The summed E-state index contributed by atoms with van der Waals surface area (Å²) in [7, 11) is 0. The van der Waals surface area contributed by atoms with Crippen LogP contribution in [0.5, 0.6) is 5.75 Å². The molecule has 2 heterocycles. The number of amides is 1. The van der Waals surface area contributed by atoms with Crippen molar-refractivity contribution in [1.29, 1.82) is 0 Å². The fraction of sp³-hybridized carbons (Fsp3) is 0.471. The number of fused-ring (bicyclic) bond motifs is 1. The predicted molar refractivity (Wildman–Crippen MR) is 170 cm³/mol. The van der Waals surface area contributed by atoms with E-state index in [2.05, 4.69) is 9.97 Å². The van der Waals surface area contributed by atoms with E-state index in [1.54, 1.807) is 6.92 Å². The van der Waals surface area contributed by atoms with E-state index in [9.17, 15) is 49.1 Å². The summed E-state index contributed by atoms with van der Waals surface area (Å²) in [5.74, 6) is -1.26. The molecule has 53 heavy (non-hydrogen) atoms. The molecule has 1 amide bonds. The minimum Gasteiger partial charge on any atom is -0.488 e. The molecule has 0 fully saturated rings. The number of aromatic nitrogens is 2. The average Bonchev–Trinajstić information content (AvgIpc) is 3.09. The van der Waals surface area contributed by atoms with E-state index in [4.69, 9.17) is 19.7 Å². The molecule has 0 saturated carbocycles. The number of carboxylic acids is 1. The van der Waals surface area contributed by atoms with Crippen LogP contribution in [0.15, 0.2) is 48.8 Å². The van der Waals surface area contributed by atoms with E-state index in [1.165, 1.54) is 0 Å². The Hall–Kier alpha value is -4.81. The molecule has 2 atom stereocenters. The van der Waals surface area contributed by atoms with Crippen molar-refractivity contribution in [2.45, 2.75) is 82.6 Å². The monoisotopic (exact) mass is 766 g/mol. The third kappa shape index (κ3) is 10.6. The number of carbonyl (C=O) groups excluding carboxylic acids is 1. The molecule has 4 rings (SSSR count). The van der Waals surface area contributed by atoms with Crippen molar-refractivity contribution >= 4 is 23.7 Å². The summed E-state index contributed by atoms with van der Waals surface area (Å²) in [6.45, 7) is 0.237. The zero-order valence-electron chi connectivity index (χ0n) is 28.1. The van der Waals surface area contributed by atoms with Gasteiger partial charge in [-0.15, -0.1) is 0 Å². The van der Waals surface area contributed by atoms with Gasteiger partial charge in [0, 0.05) is 19.0 Å². The van der Waals surface area contributed by atoms with Crippen molar-refractivity contribution in [2.75, 3.05) is 29.6 Å². The third-order valence-corrected chi connectivity index (χ3v) is 8.37. The number of halogens is 9. The van der Waals surface area contributed by atoms with Gasteiger partial charge in [-0.2, -0.15) is 39.5 Å². The highest BCUT2D eigenvalue weighted by molar-refractivity contribution is 5.90. The van der Waals surface area contributed by atoms with Crippen LogP contribution >= 0.6 is 0 Å². The molecule has 2 N–H and O–H groups in total. The van der Waals surface area contributed by atoms with E-state index in [0.717, 1.165) is 40.4 Å². The Bertz CT molecular complexity index is 1690. The molecular weight excluding hydrogens is 731 g/mol. The van der Waals surface area contributed by atoms with Crippen LogP contribution in [-0.4, -0.2) is 58.1 Å². The Morgan fingerprint density at radius 2 is 1.49 bits per heavy atom. The summed E-state index contributed by atoms with van der Waals surface area (Å²) in [5, 5.41) is 17.9. The van der Waals surface area contributed by atoms with Gasteiger partial charge in [-0.3, -0.25) is 9.69 Å². The summed E-state index contributed by atoms with van der Waals surface area (Å²) < 4.78 is 136. The van der Waals surface area contributed by atoms with Crippen LogP contribution in [0.1, 0.15) is 79.3 Å². The Morgan fingerprint density at radius 3 is 2.04 bits per heavy atom. The maximum Gasteiger partial charge on any atom is 0.416 e. The predicted octanol–water partition coefficient (Wildman–Crippen LogP) is 8.42. The first-order chi connectivity index (χ1) is 24.8. The van der Waals surface area contributed by atoms with E-state index in [-0.39, 0.29) is 68.1 Å². The van der Waals surface area contributed by atoms with Crippen LogP contribution in [0.2, 0.25) is 0 Å². The number of carboxylic acid groups (broad SMARTS) is 1. The molecule has 1 aliphatic heterocycles. The zero-order valence-corrected chi connectivity index (χ0v) is 28.1. The first kappa shape index (κ1) is 41.0. The smallest absolute Gasteiger partial charge is 0.416 e. The third-order valence-electron chi connectivity index (χ3n) is 8.37. The number of hydrogen-bond acceptors (Lipinski definition) is 8. The minimum atomic E-state index is -5.19. The van der Waals surface area contributed by atoms with Gasteiger partial charge in [0.2, 0.25) is 5.95 Å². The molecular formula is C34H35F9N4O6. The van der Waals surface area contributed by atoms with E-state index in [0.29, 0.717) is 31.4 Å². The number of unbranched alkanes of at least 4 members (excludes halogenated alkanes) is 2. The number of aliphatic hydroxyl groups is 1. The molecule has 0 radical (unpaired) electrons. The fourth-order valence-corrected chi connectivity index (χ4v) is 5.90. The zero-order chi connectivity index (χ0) is 39.1. The van der Waals surface area contributed by atoms with Gasteiger partial charge in [0.1, 0.15) is 6.61 Å². The highest BCUT2D eigenvalue weighted by Gasteiger charge is 2.42. The number of hydrogen-bond donors (Lipinski definition) is 2. The van der Waals surface area contributed by atoms with E-state index < -0.39 is 71.5 Å². The van der Waals surface area contributed by atoms with Gasteiger partial charge in [0.15, 0.2) is 5.75 Å². The second kappa shape index (κ2) is 16.9. The molecule has 3 aromatic rings. The molecule has 1 aliphatic rings. The molecule has 0 bridgehead atoms. The van der Waals surface area contributed by atoms with Gasteiger partial charge in [-0.1, -0.05) is 6.92 Å².